The second kappa shape index (κ2) is 4.48. The van der Waals surface area contributed by atoms with Crippen LogP contribution in [0.25, 0.3) is 0 Å². The minimum absolute atomic E-state index is 0.0300. The van der Waals surface area contributed by atoms with E-state index >= 15 is 0 Å². The van der Waals surface area contributed by atoms with Gasteiger partial charge < -0.3 is 4.74 Å². The lowest BCUT2D eigenvalue weighted by atomic mass is 10.2. The number of thiazole rings is 1. The highest BCUT2D eigenvalue weighted by Crippen LogP contribution is 2.31. The first-order chi connectivity index (χ1) is 8.24. The maximum atomic E-state index is 11.2. The average molecular weight is 252 g/mol. The Labute approximate surface area is 105 Å². The summed E-state index contributed by atoms with van der Waals surface area (Å²) in [4.78, 5) is 18.1. The van der Waals surface area contributed by atoms with E-state index in [0.717, 1.165) is 18.2 Å². The van der Waals surface area contributed by atoms with Crippen LogP contribution in [0.3, 0.4) is 0 Å². The van der Waals surface area contributed by atoms with Gasteiger partial charge in [-0.05, 0) is 19.4 Å². The summed E-state index contributed by atoms with van der Waals surface area (Å²) in [5.41, 5.74) is 0.567. The third-order valence-electron chi connectivity index (χ3n) is 3.55. The van der Waals surface area contributed by atoms with E-state index in [2.05, 4.69) is 9.88 Å². The summed E-state index contributed by atoms with van der Waals surface area (Å²) in [6.45, 7) is 4.46. The maximum Gasteiger partial charge on any atom is 0.178 e. The van der Waals surface area contributed by atoms with E-state index in [0.29, 0.717) is 11.7 Å². The molecule has 2 aliphatic heterocycles. The summed E-state index contributed by atoms with van der Waals surface area (Å²) >= 11 is 1.53. The van der Waals surface area contributed by atoms with Crippen LogP contribution in [0.1, 0.15) is 41.4 Å². The lowest BCUT2D eigenvalue weighted by Crippen LogP contribution is -2.42. The van der Waals surface area contributed by atoms with Crippen LogP contribution in [0, 0.1) is 0 Å². The molecule has 5 heteroatoms. The highest BCUT2D eigenvalue weighted by molar-refractivity contribution is 7.09. The molecule has 17 heavy (non-hydrogen) atoms. The summed E-state index contributed by atoms with van der Waals surface area (Å²) in [6, 6.07) is 0.610. The first kappa shape index (κ1) is 11.3. The number of morpholine rings is 1. The van der Waals surface area contributed by atoms with Gasteiger partial charge in [0.25, 0.3) is 0 Å². The van der Waals surface area contributed by atoms with Crippen LogP contribution in [0.4, 0.5) is 0 Å². The maximum absolute atomic E-state index is 11.2. The second-order valence-corrected chi connectivity index (χ2v) is 5.63. The number of hydrogen-bond donors (Lipinski definition) is 0. The smallest absolute Gasteiger partial charge is 0.178 e. The van der Waals surface area contributed by atoms with Gasteiger partial charge in [-0.15, -0.1) is 11.3 Å². The number of carbonyl (C=O) groups is 1. The molecule has 3 rings (SSSR count). The highest BCUT2D eigenvalue weighted by Gasteiger charge is 2.34. The Balaban J connectivity index is 1.73. The van der Waals surface area contributed by atoms with Crippen LogP contribution < -0.4 is 0 Å². The zero-order valence-electron chi connectivity index (χ0n) is 9.89. The summed E-state index contributed by atoms with van der Waals surface area (Å²) in [6.07, 6.45) is 2.59. The number of rotatable bonds is 2. The molecule has 3 heterocycles. The molecule has 2 aliphatic rings. The Bertz CT molecular complexity index is 432. The molecule has 2 fully saturated rings. The van der Waals surface area contributed by atoms with Crippen LogP contribution in [0.2, 0.25) is 0 Å². The number of Topliss-reactive ketones (excluding diaryl/α,β-unsaturated/α-hetero) is 1. The molecule has 0 amide bonds. The van der Waals surface area contributed by atoms with Gasteiger partial charge in [0.1, 0.15) is 16.8 Å². The number of nitrogens with zero attached hydrogens (tertiary/aromatic N) is 2. The van der Waals surface area contributed by atoms with Gasteiger partial charge in [-0.25, -0.2) is 4.98 Å². The third-order valence-corrected chi connectivity index (χ3v) is 4.48. The molecule has 2 unspecified atom stereocenters. The summed E-state index contributed by atoms with van der Waals surface area (Å²) in [5.74, 6) is 0.0300. The molecule has 0 aromatic carbocycles. The number of hydrogen-bond acceptors (Lipinski definition) is 5. The Morgan fingerprint density at radius 1 is 1.65 bits per heavy atom. The molecule has 2 saturated heterocycles. The van der Waals surface area contributed by atoms with E-state index in [1.807, 2.05) is 5.38 Å². The largest absolute Gasteiger partial charge is 0.368 e. The Morgan fingerprint density at radius 2 is 2.53 bits per heavy atom. The van der Waals surface area contributed by atoms with Crippen LogP contribution >= 0.6 is 11.3 Å². The Hall–Kier alpha value is -0.780. The van der Waals surface area contributed by atoms with Crippen molar-refractivity contribution in [3.05, 3.63) is 16.1 Å². The van der Waals surface area contributed by atoms with Gasteiger partial charge in [-0.3, -0.25) is 9.69 Å². The van der Waals surface area contributed by atoms with Gasteiger partial charge in [0, 0.05) is 24.9 Å². The first-order valence-electron chi connectivity index (χ1n) is 6.06. The van der Waals surface area contributed by atoms with Crippen molar-refractivity contribution in [1.82, 2.24) is 9.88 Å². The predicted molar refractivity (Wildman–Crippen MR) is 65.4 cm³/mol. The fourth-order valence-electron chi connectivity index (χ4n) is 2.56. The Morgan fingerprint density at radius 3 is 3.29 bits per heavy atom. The molecule has 92 valence electrons. The van der Waals surface area contributed by atoms with E-state index in [1.165, 1.54) is 30.7 Å². The van der Waals surface area contributed by atoms with Crippen LogP contribution in [-0.2, 0) is 4.74 Å². The van der Waals surface area contributed by atoms with E-state index in [9.17, 15) is 4.79 Å². The van der Waals surface area contributed by atoms with Gasteiger partial charge in [0.2, 0.25) is 0 Å². The fourth-order valence-corrected chi connectivity index (χ4v) is 3.46. The fraction of sp³-hybridized carbons (Fsp3) is 0.667. The van der Waals surface area contributed by atoms with E-state index in [1.54, 1.807) is 6.92 Å². The molecular formula is C12H16N2O2S. The van der Waals surface area contributed by atoms with Crippen molar-refractivity contribution in [3.8, 4) is 0 Å². The van der Waals surface area contributed by atoms with E-state index in [-0.39, 0.29) is 11.9 Å². The quantitative estimate of drug-likeness (QED) is 0.754. The van der Waals surface area contributed by atoms with Gasteiger partial charge >= 0.3 is 0 Å². The molecule has 1 aromatic heterocycles. The number of ketones is 1. The van der Waals surface area contributed by atoms with Gasteiger partial charge in [-0.1, -0.05) is 0 Å². The highest BCUT2D eigenvalue weighted by atomic mass is 32.1. The average Bonchev–Trinajstić information content (AvgIpc) is 2.97. The van der Waals surface area contributed by atoms with Crippen LogP contribution in [-0.4, -0.2) is 41.4 Å². The molecular weight excluding hydrogens is 236 g/mol. The zero-order valence-corrected chi connectivity index (χ0v) is 10.7. The standard InChI is InChI=1S/C12H16N2O2S/c1-8(15)10-7-17-12(13-10)11-5-14-4-2-3-9(14)6-16-11/h7,9,11H,2-6H2,1H3. The summed E-state index contributed by atoms with van der Waals surface area (Å²) < 4.78 is 5.87. The molecule has 0 spiro atoms. The molecule has 2 atom stereocenters. The van der Waals surface area contributed by atoms with Crippen molar-refractivity contribution in [2.75, 3.05) is 19.7 Å². The van der Waals surface area contributed by atoms with E-state index in [4.69, 9.17) is 4.74 Å². The monoisotopic (exact) mass is 252 g/mol. The number of fused-ring (bicyclic) bond motifs is 1. The predicted octanol–water partition coefficient (Wildman–Crippen LogP) is 1.88. The van der Waals surface area contributed by atoms with Crippen LogP contribution in [0.15, 0.2) is 5.38 Å². The normalized spacial score (nSPS) is 29.2. The molecule has 0 N–H and O–H groups in total. The molecule has 0 radical (unpaired) electrons. The van der Waals surface area contributed by atoms with Crippen molar-refractivity contribution in [2.24, 2.45) is 0 Å². The number of carbonyl (C=O) groups excluding carboxylic acids is 1. The molecule has 0 bridgehead atoms. The zero-order chi connectivity index (χ0) is 11.8. The lowest BCUT2D eigenvalue weighted by molar-refractivity contribution is -0.0502. The van der Waals surface area contributed by atoms with Crippen LogP contribution in [0.5, 0.6) is 0 Å². The molecule has 1 aromatic rings. The van der Waals surface area contributed by atoms with Crippen molar-refractivity contribution in [1.29, 1.82) is 0 Å². The van der Waals surface area contributed by atoms with Gasteiger partial charge in [-0.2, -0.15) is 0 Å². The second-order valence-electron chi connectivity index (χ2n) is 4.74. The molecule has 4 nitrogen and oxygen atoms in total. The SMILES string of the molecule is CC(=O)c1csc(C2CN3CCCC3CO2)n1. The first-order valence-corrected chi connectivity index (χ1v) is 6.94. The summed E-state index contributed by atoms with van der Waals surface area (Å²) in [7, 11) is 0. The molecule has 0 saturated carbocycles. The Kier molecular flexibility index (Phi) is 2.98. The van der Waals surface area contributed by atoms with Crippen molar-refractivity contribution < 1.29 is 9.53 Å². The third kappa shape index (κ3) is 2.14. The van der Waals surface area contributed by atoms with Crippen molar-refractivity contribution in [3.63, 3.8) is 0 Å². The van der Waals surface area contributed by atoms with Gasteiger partial charge in [0.15, 0.2) is 5.78 Å². The van der Waals surface area contributed by atoms with Crippen molar-refractivity contribution in [2.45, 2.75) is 31.9 Å². The van der Waals surface area contributed by atoms with Gasteiger partial charge in [0.05, 0.1) is 6.61 Å². The number of aromatic nitrogens is 1. The van der Waals surface area contributed by atoms with E-state index < -0.39 is 0 Å². The minimum atomic E-state index is 0.0300. The number of ether oxygens (including phenoxy) is 1. The molecule has 0 aliphatic carbocycles. The minimum Gasteiger partial charge on any atom is -0.368 e. The lowest BCUT2D eigenvalue weighted by Gasteiger charge is -2.34. The summed E-state index contributed by atoms with van der Waals surface area (Å²) in [5, 5.41) is 2.78. The van der Waals surface area contributed by atoms with Crippen molar-refractivity contribution >= 4 is 17.1 Å². The topological polar surface area (TPSA) is 42.4 Å².